The van der Waals surface area contributed by atoms with Crippen LogP contribution in [0.4, 0.5) is 4.79 Å². The highest BCUT2D eigenvalue weighted by molar-refractivity contribution is 7.98. The Morgan fingerprint density at radius 2 is 1.84 bits per heavy atom. The normalized spacial score (nSPS) is 16.6. The van der Waals surface area contributed by atoms with Gasteiger partial charge in [-0.15, -0.1) is 11.8 Å². The molecule has 1 aromatic heterocycles. The molecule has 0 aliphatic carbocycles. The number of benzene rings is 2. The lowest BCUT2D eigenvalue weighted by atomic mass is 9.94. The van der Waals surface area contributed by atoms with Gasteiger partial charge in [0.05, 0.1) is 11.6 Å². The molecule has 0 bridgehead atoms. The Kier molecular flexibility index (Phi) is 6.58. The van der Waals surface area contributed by atoms with Crippen molar-refractivity contribution in [2.45, 2.75) is 31.7 Å². The summed E-state index contributed by atoms with van der Waals surface area (Å²) in [6, 6.07) is 14.9. The minimum Gasteiger partial charge on any atom is -0.334 e. The average molecular weight is 469 g/mol. The minimum absolute atomic E-state index is 0.128. The lowest BCUT2D eigenvalue weighted by Gasteiger charge is -2.36. The number of urea groups is 1. The highest BCUT2D eigenvalue weighted by Gasteiger charge is 2.35. The van der Waals surface area contributed by atoms with Gasteiger partial charge in [-0.2, -0.15) is 4.98 Å². The third-order valence-corrected chi connectivity index (χ3v) is 6.35. The summed E-state index contributed by atoms with van der Waals surface area (Å²) in [4.78, 5) is 20.6. The van der Waals surface area contributed by atoms with E-state index in [9.17, 15) is 4.79 Å². The fourth-order valence-electron chi connectivity index (χ4n) is 3.74. The summed E-state index contributed by atoms with van der Waals surface area (Å²) in [5.41, 5.74) is 3.38. The standard InChI is InChI=1S/C24H25ClN4O2S/c1-14(2)13-29-15(3)20(21(26-24(29)30)16-7-11-19(32-4)12-8-16)23-27-22(28-31-23)17-5-9-18(25)10-6-17/h5-12,14,21H,13H2,1-4H3,(H,26,30). The van der Waals surface area contributed by atoms with Gasteiger partial charge < -0.3 is 9.84 Å². The number of carbonyl (C=O) groups is 1. The zero-order valence-electron chi connectivity index (χ0n) is 18.4. The van der Waals surface area contributed by atoms with Gasteiger partial charge in [0.25, 0.3) is 5.89 Å². The van der Waals surface area contributed by atoms with E-state index in [1.54, 1.807) is 28.8 Å². The Bertz CT molecular complexity index is 1140. The number of hydrogen-bond donors (Lipinski definition) is 1. The van der Waals surface area contributed by atoms with Crippen LogP contribution in [0.25, 0.3) is 17.0 Å². The highest BCUT2D eigenvalue weighted by Crippen LogP contribution is 2.38. The second-order valence-corrected chi connectivity index (χ2v) is 9.41. The molecule has 1 aliphatic heterocycles. The summed E-state index contributed by atoms with van der Waals surface area (Å²) in [6.45, 7) is 6.70. The molecule has 0 spiro atoms. The van der Waals surface area contributed by atoms with E-state index < -0.39 is 0 Å². The number of halogens is 1. The van der Waals surface area contributed by atoms with Crippen LogP contribution in [0.5, 0.6) is 0 Å². The lowest BCUT2D eigenvalue weighted by Crippen LogP contribution is -2.47. The molecule has 32 heavy (non-hydrogen) atoms. The first kappa shape index (κ1) is 22.4. The molecule has 2 heterocycles. The third kappa shape index (κ3) is 4.54. The molecule has 0 saturated carbocycles. The Morgan fingerprint density at radius 1 is 1.16 bits per heavy atom. The van der Waals surface area contributed by atoms with Gasteiger partial charge in [-0.25, -0.2) is 4.79 Å². The number of hydrogen-bond acceptors (Lipinski definition) is 5. The van der Waals surface area contributed by atoms with Crippen molar-refractivity contribution in [3.05, 3.63) is 70.7 Å². The Balaban J connectivity index is 1.79. The van der Waals surface area contributed by atoms with Crippen molar-refractivity contribution in [2.75, 3.05) is 12.8 Å². The van der Waals surface area contributed by atoms with Crippen molar-refractivity contribution >= 4 is 35.0 Å². The van der Waals surface area contributed by atoms with E-state index in [2.05, 4.69) is 29.3 Å². The maximum atomic E-state index is 13.0. The van der Waals surface area contributed by atoms with Gasteiger partial charge in [0.2, 0.25) is 5.82 Å². The van der Waals surface area contributed by atoms with Crippen LogP contribution in [-0.4, -0.2) is 33.9 Å². The Labute approximate surface area is 197 Å². The van der Waals surface area contributed by atoms with Crippen LogP contribution in [-0.2, 0) is 0 Å². The number of thioether (sulfide) groups is 1. The number of rotatable bonds is 6. The summed E-state index contributed by atoms with van der Waals surface area (Å²) in [5.74, 6) is 1.17. The largest absolute Gasteiger partial charge is 0.334 e. The van der Waals surface area contributed by atoms with Crippen molar-refractivity contribution in [1.82, 2.24) is 20.4 Å². The smallest absolute Gasteiger partial charge is 0.322 e. The number of nitrogens with one attached hydrogen (secondary N) is 1. The first-order valence-electron chi connectivity index (χ1n) is 10.4. The van der Waals surface area contributed by atoms with Crippen LogP contribution in [0.15, 0.2) is 63.6 Å². The number of carbonyl (C=O) groups excluding carboxylic acids is 1. The van der Waals surface area contributed by atoms with E-state index in [1.807, 2.05) is 49.6 Å². The molecular formula is C24H25ClN4O2S. The molecular weight excluding hydrogens is 444 g/mol. The van der Waals surface area contributed by atoms with Crippen LogP contribution < -0.4 is 5.32 Å². The Morgan fingerprint density at radius 3 is 2.47 bits per heavy atom. The van der Waals surface area contributed by atoms with Crippen molar-refractivity contribution < 1.29 is 9.32 Å². The van der Waals surface area contributed by atoms with Crippen LogP contribution in [0.1, 0.15) is 38.3 Å². The molecule has 1 aliphatic rings. The molecule has 2 amide bonds. The zero-order valence-corrected chi connectivity index (χ0v) is 20.0. The predicted octanol–water partition coefficient (Wildman–Crippen LogP) is 6.27. The molecule has 1 N–H and O–H groups in total. The second-order valence-electron chi connectivity index (χ2n) is 8.09. The third-order valence-electron chi connectivity index (χ3n) is 5.35. The van der Waals surface area contributed by atoms with Crippen LogP contribution in [0, 0.1) is 5.92 Å². The SMILES string of the molecule is CSc1ccc(C2NC(=O)N(CC(C)C)C(C)=C2c2nc(-c3ccc(Cl)cc3)no2)cc1. The van der Waals surface area contributed by atoms with Crippen LogP contribution in [0.3, 0.4) is 0 Å². The maximum Gasteiger partial charge on any atom is 0.322 e. The van der Waals surface area contributed by atoms with Gasteiger partial charge in [-0.3, -0.25) is 4.90 Å². The summed E-state index contributed by atoms with van der Waals surface area (Å²) in [7, 11) is 0. The van der Waals surface area contributed by atoms with E-state index in [0.29, 0.717) is 29.2 Å². The van der Waals surface area contributed by atoms with Crippen molar-refractivity contribution in [3.63, 3.8) is 0 Å². The molecule has 1 atom stereocenters. The summed E-state index contributed by atoms with van der Waals surface area (Å²) in [5, 5.41) is 7.97. The zero-order chi connectivity index (χ0) is 22.8. The van der Waals surface area contributed by atoms with E-state index in [-0.39, 0.29) is 12.1 Å². The average Bonchev–Trinajstić information content (AvgIpc) is 3.26. The van der Waals surface area contributed by atoms with Gasteiger partial charge >= 0.3 is 6.03 Å². The molecule has 3 aromatic rings. The van der Waals surface area contributed by atoms with E-state index >= 15 is 0 Å². The molecule has 0 fully saturated rings. The van der Waals surface area contributed by atoms with E-state index in [4.69, 9.17) is 16.1 Å². The van der Waals surface area contributed by atoms with E-state index in [0.717, 1.165) is 27.3 Å². The van der Waals surface area contributed by atoms with Crippen LogP contribution in [0.2, 0.25) is 5.02 Å². The molecule has 8 heteroatoms. The topological polar surface area (TPSA) is 71.3 Å². The molecule has 0 saturated heterocycles. The highest BCUT2D eigenvalue weighted by atomic mass is 35.5. The summed E-state index contributed by atoms with van der Waals surface area (Å²) in [6.07, 6.45) is 2.04. The Hall–Kier alpha value is -2.77. The minimum atomic E-state index is -0.389. The lowest BCUT2D eigenvalue weighted by molar-refractivity contribution is 0.199. The monoisotopic (exact) mass is 468 g/mol. The van der Waals surface area contributed by atoms with Gasteiger partial charge in [0.1, 0.15) is 0 Å². The first-order chi connectivity index (χ1) is 15.4. The number of aromatic nitrogens is 2. The summed E-state index contributed by atoms with van der Waals surface area (Å²) >= 11 is 7.68. The van der Waals surface area contributed by atoms with Crippen molar-refractivity contribution in [2.24, 2.45) is 5.92 Å². The van der Waals surface area contributed by atoms with Crippen molar-refractivity contribution in [1.29, 1.82) is 0 Å². The fourth-order valence-corrected chi connectivity index (χ4v) is 4.27. The predicted molar refractivity (Wildman–Crippen MR) is 128 cm³/mol. The number of allylic oxidation sites excluding steroid dienone is 1. The van der Waals surface area contributed by atoms with Crippen molar-refractivity contribution in [3.8, 4) is 11.4 Å². The van der Waals surface area contributed by atoms with E-state index in [1.165, 1.54) is 0 Å². The fraction of sp³-hybridized carbons (Fsp3) is 0.292. The van der Waals surface area contributed by atoms with Crippen LogP contribution >= 0.6 is 23.4 Å². The summed E-state index contributed by atoms with van der Waals surface area (Å²) < 4.78 is 5.71. The van der Waals surface area contributed by atoms with Gasteiger partial charge in [-0.05, 0) is 61.1 Å². The molecule has 0 radical (unpaired) electrons. The van der Waals surface area contributed by atoms with Gasteiger partial charge in [0.15, 0.2) is 0 Å². The van der Waals surface area contributed by atoms with Gasteiger partial charge in [0, 0.05) is 27.7 Å². The first-order valence-corrected chi connectivity index (χ1v) is 12.0. The number of nitrogens with zero attached hydrogens (tertiary/aromatic N) is 3. The molecule has 6 nitrogen and oxygen atoms in total. The number of amides is 2. The second kappa shape index (κ2) is 9.38. The molecule has 2 aromatic carbocycles. The van der Waals surface area contributed by atoms with Gasteiger partial charge in [-0.1, -0.05) is 42.7 Å². The quantitative estimate of drug-likeness (QED) is 0.432. The molecule has 4 rings (SSSR count). The maximum absolute atomic E-state index is 13.0. The molecule has 1 unspecified atom stereocenters. The molecule has 166 valence electrons.